The number of primary amides is 1. The molecule has 1 aromatic carbocycles. The number of hydrogen-bond acceptors (Lipinski definition) is 3. The Morgan fingerprint density at radius 3 is 2.47 bits per heavy atom. The van der Waals surface area contributed by atoms with E-state index in [2.05, 4.69) is 5.32 Å². The standard InChI is InChI=1S/C14H20FN3O/c1-17-14(13(16)19,10-3-4-10)9-18(2)12-7-5-11(15)6-8-12/h5-8,10,17H,3-4,9H2,1-2H3,(H2,16,19). The quantitative estimate of drug-likeness (QED) is 0.810. The van der Waals surface area contributed by atoms with Gasteiger partial charge in [-0.15, -0.1) is 0 Å². The molecular formula is C14H20FN3O. The highest BCUT2D eigenvalue weighted by molar-refractivity contribution is 5.86. The minimum absolute atomic E-state index is 0.269. The summed E-state index contributed by atoms with van der Waals surface area (Å²) in [6.45, 7) is 0.481. The van der Waals surface area contributed by atoms with E-state index in [0.29, 0.717) is 6.54 Å². The predicted octanol–water partition coefficient (Wildman–Crippen LogP) is 1.12. The molecule has 1 saturated carbocycles. The van der Waals surface area contributed by atoms with Crippen LogP contribution in [0.4, 0.5) is 10.1 Å². The van der Waals surface area contributed by atoms with Gasteiger partial charge in [0.25, 0.3) is 0 Å². The number of nitrogens with two attached hydrogens (primary N) is 1. The Labute approximate surface area is 112 Å². The van der Waals surface area contributed by atoms with Crippen molar-refractivity contribution >= 4 is 11.6 Å². The molecular weight excluding hydrogens is 245 g/mol. The smallest absolute Gasteiger partial charge is 0.239 e. The second-order valence-electron chi connectivity index (χ2n) is 5.19. The molecule has 0 saturated heterocycles. The summed E-state index contributed by atoms with van der Waals surface area (Å²) < 4.78 is 12.9. The molecule has 1 unspecified atom stereocenters. The summed E-state index contributed by atoms with van der Waals surface area (Å²) in [5.41, 5.74) is 5.74. The molecule has 3 N–H and O–H groups in total. The average Bonchev–Trinajstić information content (AvgIpc) is 3.20. The largest absolute Gasteiger partial charge is 0.372 e. The number of likely N-dealkylation sites (N-methyl/N-ethyl adjacent to an activating group) is 2. The van der Waals surface area contributed by atoms with Crippen LogP contribution in [0.2, 0.25) is 0 Å². The lowest BCUT2D eigenvalue weighted by Crippen LogP contribution is -2.61. The van der Waals surface area contributed by atoms with Crippen molar-refractivity contribution in [3.8, 4) is 0 Å². The van der Waals surface area contributed by atoms with Crippen molar-refractivity contribution in [3.63, 3.8) is 0 Å². The van der Waals surface area contributed by atoms with Gasteiger partial charge in [-0.05, 0) is 50.1 Å². The molecule has 0 bridgehead atoms. The number of nitrogens with zero attached hydrogens (tertiary/aromatic N) is 1. The Hall–Kier alpha value is -1.62. The highest BCUT2D eigenvalue weighted by Crippen LogP contribution is 2.40. The fourth-order valence-corrected chi connectivity index (χ4v) is 2.55. The Morgan fingerprint density at radius 2 is 2.05 bits per heavy atom. The summed E-state index contributed by atoms with van der Waals surface area (Å²) in [5.74, 6) is -0.307. The summed E-state index contributed by atoms with van der Waals surface area (Å²) in [6.07, 6.45) is 2.03. The van der Waals surface area contributed by atoms with Gasteiger partial charge in [0.05, 0.1) is 0 Å². The van der Waals surface area contributed by atoms with Gasteiger partial charge in [-0.1, -0.05) is 0 Å². The van der Waals surface area contributed by atoms with Crippen LogP contribution >= 0.6 is 0 Å². The molecule has 0 heterocycles. The third-order valence-corrected chi connectivity index (χ3v) is 3.91. The number of carbonyl (C=O) groups excluding carboxylic acids is 1. The summed E-state index contributed by atoms with van der Waals surface area (Å²) in [4.78, 5) is 13.8. The first-order valence-corrected chi connectivity index (χ1v) is 6.45. The third kappa shape index (κ3) is 2.71. The molecule has 1 aliphatic carbocycles. The van der Waals surface area contributed by atoms with Gasteiger partial charge in [-0.3, -0.25) is 4.79 Å². The zero-order chi connectivity index (χ0) is 14.0. The van der Waals surface area contributed by atoms with Gasteiger partial charge in [-0.25, -0.2) is 4.39 Å². The number of anilines is 1. The number of amides is 1. The van der Waals surface area contributed by atoms with Crippen LogP contribution in [-0.4, -0.2) is 32.1 Å². The van der Waals surface area contributed by atoms with Crippen LogP contribution in [0.15, 0.2) is 24.3 Å². The molecule has 1 amide bonds. The van der Waals surface area contributed by atoms with E-state index in [4.69, 9.17) is 5.73 Å². The molecule has 5 heteroatoms. The fraction of sp³-hybridized carbons (Fsp3) is 0.500. The Morgan fingerprint density at radius 1 is 1.47 bits per heavy atom. The van der Waals surface area contributed by atoms with Gasteiger partial charge in [0.2, 0.25) is 5.91 Å². The molecule has 1 fully saturated rings. The van der Waals surface area contributed by atoms with Crippen molar-refractivity contribution in [1.29, 1.82) is 0 Å². The van der Waals surface area contributed by atoms with Gasteiger partial charge >= 0.3 is 0 Å². The van der Waals surface area contributed by atoms with E-state index < -0.39 is 5.54 Å². The lowest BCUT2D eigenvalue weighted by molar-refractivity contribution is -0.124. The number of benzene rings is 1. The average molecular weight is 265 g/mol. The van der Waals surface area contributed by atoms with Crippen LogP contribution in [0.25, 0.3) is 0 Å². The molecule has 1 atom stereocenters. The first-order chi connectivity index (χ1) is 8.99. The molecule has 0 radical (unpaired) electrons. The third-order valence-electron chi connectivity index (χ3n) is 3.91. The van der Waals surface area contributed by atoms with Crippen molar-refractivity contribution in [2.75, 3.05) is 25.5 Å². The maximum Gasteiger partial charge on any atom is 0.239 e. The van der Waals surface area contributed by atoms with Crippen molar-refractivity contribution in [2.45, 2.75) is 18.4 Å². The van der Waals surface area contributed by atoms with Gasteiger partial charge in [0.1, 0.15) is 11.4 Å². The van der Waals surface area contributed by atoms with E-state index >= 15 is 0 Å². The SMILES string of the molecule is CNC(CN(C)c1ccc(F)cc1)(C(N)=O)C1CC1. The Balaban J connectivity index is 2.17. The number of halogens is 1. The van der Waals surface area contributed by atoms with E-state index in [-0.39, 0.29) is 17.6 Å². The van der Waals surface area contributed by atoms with Crippen molar-refractivity contribution in [2.24, 2.45) is 11.7 Å². The fourth-order valence-electron chi connectivity index (χ4n) is 2.55. The van der Waals surface area contributed by atoms with E-state index in [1.54, 1.807) is 19.2 Å². The van der Waals surface area contributed by atoms with Crippen LogP contribution in [0, 0.1) is 11.7 Å². The highest BCUT2D eigenvalue weighted by Gasteiger charge is 2.49. The van der Waals surface area contributed by atoms with Crippen LogP contribution in [0.1, 0.15) is 12.8 Å². The minimum atomic E-state index is -0.705. The molecule has 19 heavy (non-hydrogen) atoms. The summed E-state index contributed by atoms with van der Waals surface area (Å²) >= 11 is 0. The number of hydrogen-bond donors (Lipinski definition) is 2. The predicted molar refractivity (Wildman–Crippen MR) is 73.4 cm³/mol. The van der Waals surface area contributed by atoms with Crippen molar-refractivity contribution in [1.82, 2.24) is 5.32 Å². The zero-order valence-corrected chi connectivity index (χ0v) is 11.3. The molecule has 104 valence electrons. The minimum Gasteiger partial charge on any atom is -0.372 e. The summed E-state index contributed by atoms with van der Waals surface area (Å²) in [6, 6.07) is 6.22. The lowest BCUT2D eigenvalue weighted by atomic mass is 9.91. The van der Waals surface area contributed by atoms with Gasteiger partial charge in [0.15, 0.2) is 0 Å². The zero-order valence-electron chi connectivity index (χ0n) is 11.3. The first-order valence-electron chi connectivity index (χ1n) is 6.45. The van der Waals surface area contributed by atoms with Gasteiger partial charge < -0.3 is 16.0 Å². The van der Waals surface area contributed by atoms with Crippen LogP contribution in [-0.2, 0) is 4.79 Å². The number of rotatable bonds is 6. The van der Waals surface area contributed by atoms with E-state index in [9.17, 15) is 9.18 Å². The number of carbonyl (C=O) groups is 1. The molecule has 0 aliphatic heterocycles. The van der Waals surface area contributed by atoms with Crippen molar-refractivity contribution in [3.05, 3.63) is 30.1 Å². The Kier molecular flexibility index (Phi) is 3.75. The van der Waals surface area contributed by atoms with Crippen LogP contribution in [0.3, 0.4) is 0 Å². The van der Waals surface area contributed by atoms with Crippen LogP contribution in [0.5, 0.6) is 0 Å². The second-order valence-corrected chi connectivity index (χ2v) is 5.19. The summed E-state index contributed by atoms with van der Waals surface area (Å²) in [7, 11) is 3.65. The van der Waals surface area contributed by atoms with E-state index in [1.165, 1.54) is 12.1 Å². The summed E-state index contributed by atoms with van der Waals surface area (Å²) in [5, 5.41) is 3.10. The van der Waals surface area contributed by atoms with E-state index in [0.717, 1.165) is 18.5 Å². The van der Waals surface area contributed by atoms with Gasteiger partial charge in [0, 0.05) is 19.3 Å². The first kappa shape index (κ1) is 13.8. The second kappa shape index (κ2) is 5.17. The van der Waals surface area contributed by atoms with Crippen molar-refractivity contribution < 1.29 is 9.18 Å². The maximum absolute atomic E-state index is 12.9. The van der Waals surface area contributed by atoms with E-state index in [1.807, 2.05) is 11.9 Å². The normalized spacial score (nSPS) is 17.8. The lowest BCUT2D eigenvalue weighted by Gasteiger charge is -2.35. The maximum atomic E-state index is 12.9. The molecule has 4 nitrogen and oxygen atoms in total. The molecule has 1 aromatic rings. The molecule has 0 aromatic heterocycles. The monoisotopic (exact) mass is 265 g/mol. The van der Waals surface area contributed by atoms with Crippen LogP contribution < -0.4 is 16.0 Å². The molecule has 2 rings (SSSR count). The Bertz CT molecular complexity index is 458. The molecule has 0 spiro atoms. The highest BCUT2D eigenvalue weighted by atomic mass is 19.1. The molecule has 1 aliphatic rings. The van der Waals surface area contributed by atoms with Gasteiger partial charge in [-0.2, -0.15) is 0 Å². The number of nitrogens with one attached hydrogen (secondary N) is 1. The topological polar surface area (TPSA) is 58.4 Å².